The van der Waals surface area contributed by atoms with Crippen molar-refractivity contribution < 1.29 is 9.18 Å². The topological polar surface area (TPSA) is 55.1 Å². The number of hydrogen-bond donors (Lipinski definition) is 2. The summed E-state index contributed by atoms with van der Waals surface area (Å²) in [5.41, 5.74) is 8.37. The number of nitrogens with two attached hydrogens (primary N) is 1. The molecule has 110 valence electrons. The Balaban J connectivity index is 1.99. The molecular formula is C16H17FN2OS. The van der Waals surface area contributed by atoms with E-state index in [1.165, 1.54) is 30.0 Å². The summed E-state index contributed by atoms with van der Waals surface area (Å²) in [5.74, 6) is -0.530. The number of thioether (sulfide) groups is 1. The van der Waals surface area contributed by atoms with Crippen molar-refractivity contribution in [1.82, 2.24) is 0 Å². The summed E-state index contributed by atoms with van der Waals surface area (Å²) < 4.78 is 13.5. The lowest BCUT2D eigenvalue weighted by Crippen LogP contribution is -2.15. The van der Waals surface area contributed by atoms with Crippen molar-refractivity contribution in [2.75, 3.05) is 16.8 Å². The first kappa shape index (κ1) is 15.4. The largest absolute Gasteiger partial charge is 0.399 e. The number of nitrogen functional groups attached to an aromatic ring is 1. The Bertz CT molecular complexity index is 673. The Kier molecular flexibility index (Phi) is 4.85. The summed E-state index contributed by atoms with van der Waals surface area (Å²) >= 11 is 1.43. The first-order chi connectivity index (χ1) is 9.95. The second-order valence-corrected chi connectivity index (χ2v) is 5.86. The van der Waals surface area contributed by atoms with Gasteiger partial charge >= 0.3 is 0 Å². The molecule has 0 radical (unpaired) electrons. The Hall–Kier alpha value is -2.01. The minimum atomic E-state index is -0.491. The number of halogens is 1. The molecule has 0 aliphatic carbocycles. The quantitative estimate of drug-likeness (QED) is 0.668. The number of nitrogens with one attached hydrogen (secondary N) is 1. The van der Waals surface area contributed by atoms with Crippen LogP contribution in [-0.4, -0.2) is 11.7 Å². The van der Waals surface area contributed by atoms with Crippen LogP contribution in [0.4, 0.5) is 15.8 Å². The van der Waals surface area contributed by atoms with Crippen molar-refractivity contribution in [2.24, 2.45) is 0 Å². The van der Waals surface area contributed by atoms with Gasteiger partial charge in [0.15, 0.2) is 0 Å². The van der Waals surface area contributed by atoms with Crippen LogP contribution in [0.15, 0.2) is 41.3 Å². The third kappa shape index (κ3) is 4.23. The van der Waals surface area contributed by atoms with Gasteiger partial charge in [-0.2, -0.15) is 0 Å². The van der Waals surface area contributed by atoms with Crippen LogP contribution >= 0.6 is 11.8 Å². The molecule has 1 amide bonds. The lowest BCUT2D eigenvalue weighted by molar-refractivity contribution is -0.113. The van der Waals surface area contributed by atoms with Crippen LogP contribution in [0, 0.1) is 19.7 Å². The van der Waals surface area contributed by atoms with E-state index in [1.54, 1.807) is 0 Å². The molecule has 2 rings (SSSR count). The standard InChI is InChI=1S/C16H17FN2OS/c1-10-3-4-11(2)15(7-10)21-9-16(20)19-14-8-12(18)5-6-13(14)17/h3-8H,9,18H2,1-2H3,(H,19,20). The summed E-state index contributed by atoms with van der Waals surface area (Å²) in [6.07, 6.45) is 0. The second kappa shape index (κ2) is 6.63. The highest BCUT2D eigenvalue weighted by atomic mass is 32.2. The van der Waals surface area contributed by atoms with Gasteiger partial charge in [0.05, 0.1) is 11.4 Å². The average Bonchev–Trinajstić information content (AvgIpc) is 2.44. The van der Waals surface area contributed by atoms with Gasteiger partial charge in [-0.3, -0.25) is 4.79 Å². The molecule has 0 atom stereocenters. The van der Waals surface area contributed by atoms with Crippen molar-refractivity contribution in [2.45, 2.75) is 18.7 Å². The van der Waals surface area contributed by atoms with E-state index in [4.69, 9.17) is 5.73 Å². The van der Waals surface area contributed by atoms with Gasteiger partial charge in [0, 0.05) is 10.6 Å². The van der Waals surface area contributed by atoms with Crippen molar-refractivity contribution in [1.29, 1.82) is 0 Å². The number of carbonyl (C=O) groups excluding carboxylic acids is 1. The molecule has 0 bridgehead atoms. The van der Waals surface area contributed by atoms with Crippen LogP contribution in [0.2, 0.25) is 0 Å². The van der Waals surface area contributed by atoms with Crippen LogP contribution < -0.4 is 11.1 Å². The van der Waals surface area contributed by atoms with Crippen molar-refractivity contribution in [3.8, 4) is 0 Å². The molecule has 2 aromatic carbocycles. The number of amides is 1. The maximum absolute atomic E-state index is 13.5. The van der Waals surface area contributed by atoms with Crippen LogP contribution in [0.3, 0.4) is 0 Å². The van der Waals surface area contributed by atoms with Crippen molar-refractivity contribution in [3.63, 3.8) is 0 Å². The van der Waals surface area contributed by atoms with E-state index >= 15 is 0 Å². The zero-order valence-electron chi connectivity index (χ0n) is 11.9. The third-order valence-electron chi connectivity index (χ3n) is 2.97. The predicted octanol–water partition coefficient (Wildman–Crippen LogP) is 3.76. The van der Waals surface area contributed by atoms with Gasteiger partial charge in [0.25, 0.3) is 0 Å². The molecule has 0 heterocycles. The fourth-order valence-corrected chi connectivity index (χ4v) is 2.75. The molecule has 5 heteroatoms. The number of carbonyl (C=O) groups is 1. The van der Waals surface area contributed by atoms with Crippen LogP contribution in [0.1, 0.15) is 11.1 Å². The van der Waals surface area contributed by atoms with E-state index in [2.05, 4.69) is 5.32 Å². The Morgan fingerprint density at radius 3 is 2.76 bits per heavy atom. The van der Waals surface area contributed by atoms with E-state index < -0.39 is 5.82 Å². The summed E-state index contributed by atoms with van der Waals surface area (Å²) in [7, 11) is 0. The normalized spacial score (nSPS) is 10.4. The number of benzene rings is 2. The molecular weight excluding hydrogens is 287 g/mol. The van der Waals surface area contributed by atoms with Gasteiger partial charge in [-0.1, -0.05) is 17.7 Å². The average molecular weight is 304 g/mol. The maximum Gasteiger partial charge on any atom is 0.234 e. The number of hydrogen-bond acceptors (Lipinski definition) is 3. The van der Waals surface area contributed by atoms with Gasteiger partial charge in [-0.05, 0) is 43.7 Å². The molecule has 0 saturated heterocycles. The maximum atomic E-state index is 13.5. The SMILES string of the molecule is Cc1ccc(C)c(SCC(=O)Nc2cc(N)ccc2F)c1. The van der Waals surface area contributed by atoms with E-state index in [0.29, 0.717) is 5.69 Å². The number of aryl methyl sites for hydroxylation is 2. The molecule has 0 aliphatic heterocycles. The summed E-state index contributed by atoms with van der Waals surface area (Å²) in [6.45, 7) is 4.00. The molecule has 0 unspecified atom stereocenters. The minimum Gasteiger partial charge on any atom is -0.399 e. The molecule has 2 aromatic rings. The van der Waals surface area contributed by atoms with Crippen LogP contribution in [-0.2, 0) is 4.79 Å². The van der Waals surface area contributed by atoms with Gasteiger partial charge in [0.2, 0.25) is 5.91 Å². The van der Waals surface area contributed by atoms with Crippen molar-refractivity contribution in [3.05, 3.63) is 53.3 Å². The van der Waals surface area contributed by atoms with Gasteiger partial charge in [-0.25, -0.2) is 4.39 Å². The van der Waals surface area contributed by atoms with Crippen LogP contribution in [0.5, 0.6) is 0 Å². The monoisotopic (exact) mass is 304 g/mol. The highest BCUT2D eigenvalue weighted by Crippen LogP contribution is 2.24. The lowest BCUT2D eigenvalue weighted by Gasteiger charge is -2.09. The lowest BCUT2D eigenvalue weighted by atomic mass is 10.2. The Morgan fingerprint density at radius 2 is 2.00 bits per heavy atom. The summed E-state index contributed by atoms with van der Waals surface area (Å²) in [4.78, 5) is 13.0. The number of rotatable bonds is 4. The minimum absolute atomic E-state index is 0.113. The number of anilines is 2. The molecule has 0 spiro atoms. The molecule has 0 aromatic heterocycles. The van der Waals surface area contributed by atoms with Gasteiger partial charge in [-0.15, -0.1) is 11.8 Å². The zero-order chi connectivity index (χ0) is 15.4. The van der Waals surface area contributed by atoms with Gasteiger partial charge < -0.3 is 11.1 Å². The fraction of sp³-hybridized carbons (Fsp3) is 0.188. The predicted molar refractivity (Wildman–Crippen MR) is 86.1 cm³/mol. The molecule has 0 aliphatic rings. The van der Waals surface area contributed by atoms with E-state index in [0.717, 1.165) is 16.0 Å². The Labute approximate surface area is 127 Å². The molecule has 0 saturated carbocycles. The molecule has 3 nitrogen and oxygen atoms in total. The van der Waals surface area contributed by atoms with E-state index in [-0.39, 0.29) is 17.3 Å². The first-order valence-electron chi connectivity index (χ1n) is 6.50. The smallest absolute Gasteiger partial charge is 0.234 e. The molecule has 21 heavy (non-hydrogen) atoms. The van der Waals surface area contributed by atoms with Crippen molar-refractivity contribution >= 4 is 29.0 Å². The highest BCUT2D eigenvalue weighted by Gasteiger charge is 2.09. The summed E-state index contributed by atoms with van der Waals surface area (Å²) in [5, 5.41) is 2.54. The van der Waals surface area contributed by atoms with E-state index in [1.807, 2.05) is 32.0 Å². The summed E-state index contributed by atoms with van der Waals surface area (Å²) in [6, 6.07) is 10.2. The zero-order valence-corrected chi connectivity index (χ0v) is 12.8. The second-order valence-electron chi connectivity index (χ2n) is 4.85. The highest BCUT2D eigenvalue weighted by molar-refractivity contribution is 8.00. The third-order valence-corrected chi connectivity index (χ3v) is 4.12. The Morgan fingerprint density at radius 1 is 1.24 bits per heavy atom. The molecule has 0 fully saturated rings. The first-order valence-corrected chi connectivity index (χ1v) is 7.49. The van der Waals surface area contributed by atoms with Crippen LogP contribution in [0.25, 0.3) is 0 Å². The molecule has 3 N–H and O–H groups in total. The van der Waals surface area contributed by atoms with E-state index in [9.17, 15) is 9.18 Å². The fourth-order valence-electron chi connectivity index (χ4n) is 1.83. The van der Waals surface area contributed by atoms with Gasteiger partial charge in [0.1, 0.15) is 5.82 Å².